The molecule has 1 amide bonds. The van der Waals surface area contributed by atoms with E-state index in [9.17, 15) is 13.6 Å². The van der Waals surface area contributed by atoms with Crippen molar-refractivity contribution in [1.82, 2.24) is 5.32 Å². The predicted molar refractivity (Wildman–Crippen MR) is 63.7 cm³/mol. The third kappa shape index (κ3) is 4.29. The summed E-state index contributed by atoms with van der Waals surface area (Å²) in [6, 6.07) is 5.02. The van der Waals surface area contributed by atoms with Gasteiger partial charge in [-0.15, -0.1) is 0 Å². The Kier molecular flexibility index (Phi) is 5.51. The number of rotatable bonds is 6. The van der Waals surface area contributed by atoms with E-state index in [0.717, 1.165) is 5.56 Å². The van der Waals surface area contributed by atoms with Gasteiger partial charge in [0.05, 0.1) is 6.04 Å². The van der Waals surface area contributed by atoms with Crippen molar-refractivity contribution in [2.45, 2.75) is 18.6 Å². The molecular weight excluding hydrogens is 242 g/mol. The average molecular weight is 258 g/mol. The summed E-state index contributed by atoms with van der Waals surface area (Å²) in [5.74, 6) is -0.751. The van der Waals surface area contributed by atoms with Gasteiger partial charge in [-0.05, 0) is 24.1 Å². The lowest BCUT2D eigenvalue weighted by molar-refractivity contribution is -0.126. The van der Waals surface area contributed by atoms with E-state index in [1.165, 1.54) is 12.1 Å². The van der Waals surface area contributed by atoms with E-state index >= 15 is 0 Å². The van der Waals surface area contributed by atoms with Gasteiger partial charge in [0.25, 0.3) is 5.91 Å². The number of carbonyl (C=O) groups is 1. The van der Waals surface area contributed by atoms with Gasteiger partial charge in [0.2, 0.25) is 0 Å². The molecule has 1 aromatic rings. The molecule has 4 nitrogen and oxygen atoms in total. The first kappa shape index (κ1) is 14.4. The van der Waals surface area contributed by atoms with Crippen LogP contribution >= 0.6 is 0 Å². The Labute approximate surface area is 104 Å². The lowest BCUT2D eigenvalue weighted by atomic mass is 10.1. The van der Waals surface area contributed by atoms with Crippen LogP contribution in [-0.4, -0.2) is 36.4 Å². The van der Waals surface area contributed by atoms with Crippen LogP contribution in [0, 0.1) is 0 Å². The molecule has 1 rings (SSSR count). The molecule has 2 unspecified atom stereocenters. The lowest BCUT2D eigenvalue weighted by Gasteiger charge is -2.13. The van der Waals surface area contributed by atoms with Crippen molar-refractivity contribution in [2.75, 3.05) is 13.2 Å². The second-order valence-electron chi connectivity index (χ2n) is 3.93. The van der Waals surface area contributed by atoms with Crippen LogP contribution < -0.4 is 11.1 Å². The van der Waals surface area contributed by atoms with Gasteiger partial charge in [0.15, 0.2) is 6.17 Å². The fourth-order valence-electron chi connectivity index (χ4n) is 1.36. The molecular formula is C12H16F2N2O2. The fraction of sp³-hybridized carbons (Fsp3) is 0.417. The zero-order chi connectivity index (χ0) is 13.5. The zero-order valence-electron chi connectivity index (χ0n) is 9.77. The molecule has 0 saturated heterocycles. The predicted octanol–water partition coefficient (Wildman–Crippen LogP) is 0.686. The van der Waals surface area contributed by atoms with E-state index in [1.54, 1.807) is 12.1 Å². The molecule has 0 aliphatic heterocycles. The Balaban J connectivity index is 2.33. The summed E-state index contributed by atoms with van der Waals surface area (Å²) < 4.78 is 25.2. The van der Waals surface area contributed by atoms with Gasteiger partial charge in [-0.3, -0.25) is 4.79 Å². The standard InChI is InChI=1S/C12H16F2N2O2/c13-7-10(15)11(14)12(18)16-6-5-8-1-3-9(17)4-2-8/h1-4,10-11,17H,5-7,15H2,(H,16,18). The molecule has 0 saturated carbocycles. The Morgan fingerprint density at radius 3 is 2.56 bits per heavy atom. The van der Waals surface area contributed by atoms with Crippen LogP contribution in [-0.2, 0) is 11.2 Å². The first-order chi connectivity index (χ1) is 8.54. The van der Waals surface area contributed by atoms with Crippen molar-refractivity contribution in [1.29, 1.82) is 0 Å². The first-order valence-corrected chi connectivity index (χ1v) is 5.56. The van der Waals surface area contributed by atoms with Gasteiger partial charge in [-0.2, -0.15) is 0 Å². The van der Waals surface area contributed by atoms with Crippen molar-refractivity contribution in [3.05, 3.63) is 29.8 Å². The number of benzene rings is 1. The number of aromatic hydroxyl groups is 1. The Bertz CT molecular complexity index is 384. The van der Waals surface area contributed by atoms with Gasteiger partial charge in [0, 0.05) is 6.54 Å². The molecule has 0 aliphatic rings. The van der Waals surface area contributed by atoms with E-state index in [-0.39, 0.29) is 12.3 Å². The van der Waals surface area contributed by atoms with Crippen LogP contribution in [0.4, 0.5) is 8.78 Å². The van der Waals surface area contributed by atoms with Crippen LogP contribution in [0.25, 0.3) is 0 Å². The highest BCUT2D eigenvalue weighted by atomic mass is 19.1. The van der Waals surface area contributed by atoms with Gasteiger partial charge in [-0.1, -0.05) is 12.1 Å². The number of nitrogens with one attached hydrogen (secondary N) is 1. The molecule has 18 heavy (non-hydrogen) atoms. The molecule has 0 bridgehead atoms. The zero-order valence-corrected chi connectivity index (χ0v) is 9.77. The Morgan fingerprint density at radius 2 is 2.00 bits per heavy atom. The summed E-state index contributed by atoms with van der Waals surface area (Å²) in [5, 5.41) is 11.4. The van der Waals surface area contributed by atoms with Crippen LogP contribution in [0.15, 0.2) is 24.3 Å². The molecule has 6 heteroatoms. The minimum atomic E-state index is -2.03. The van der Waals surface area contributed by atoms with E-state index in [2.05, 4.69) is 5.32 Å². The summed E-state index contributed by atoms with van der Waals surface area (Å²) in [6.45, 7) is -0.852. The van der Waals surface area contributed by atoms with Crippen molar-refractivity contribution in [3.63, 3.8) is 0 Å². The van der Waals surface area contributed by atoms with Gasteiger partial charge >= 0.3 is 0 Å². The normalized spacial score (nSPS) is 13.9. The molecule has 0 aromatic heterocycles. The lowest BCUT2D eigenvalue weighted by Crippen LogP contribution is -2.45. The van der Waals surface area contributed by atoms with Crippen molar-refractivity contribution in [3.8, 4) is 5.75 Å². The quantitative estimate of drug-likeness (QED) is 0.702. The summed E-state index contributed by atoms with van der Waals surface area (Å²) in [7, 11) is 0. The Morgan fingerprint density at radius 1 is 1.39 bits per heavy atom. The van der Waals surface area contributed by atoms with E-state index < -0.39 is 24.8 Å². The van der Waals surface area contributed by atoms with E-state index in [4.69, 9.17) is 10.8 Å². The number of amides is 1. The molecule has 0 fully saturated rings. The number of hydrogen-bond acceptors (Lipinski definition) is 3. The molecule has 2 atom stereocenters. The number of halogens is 2. The van der Waals surface area contributed by atoms with Crippen LogP contribution in [0.3, 0.4) is 0 Å². The van der Waals surface area contributed by atoms with Gasteiger partial charge in [0.1, 0.15) is 12.4 Å². The number of hydrogen-bond donors (Lipinski definition) is 3. The van der Waals surface area contributed by atoms with Crippen molar-refractivity contribution < 1.29 is 18.7 Å². The molecule has 0 aliphatic carbocycles. The van der Waals surface area contributed by atoms with Crippen LogP contribution in [0.5, 0.6) is 5.75 Å². The number of alkyl halides is 2. The number of nitrogens with two attached hydrogens (primary N) is 1. The number of phenols is 1. The fourth-order valence-corrected chi connectivity index (χ4v) is 1.36. The largest absolute Gasteiger partial charge is 0.508 e. The highest BCUT2D eigenvalue weighted by molar-refractivity contribution is 5.81. The molecule has 0 spiro atoms. The summed E-state index contributed by atoms with van der Waals surface area (Å²) >= 11 is 0. The second-order valence-corrected chi connectivity index (χ2v) is 3.93. The SMILES string of the molecule is NC(CF)C(F)C(=O)NCCc1ccc(O)cc1. The monoisotopic (exact) mass is 258 g/mol. The van der Waals surface area contributed by atoms with Gasteiger partial charge < -0.3 is 16.2 Å². The van der Waals surface area contributed by atoms with Crippen molar-refractivity contribution in [2.24, 2.45) is 5.73 Å². The van der Waals surface area contributed by atoms with Crippen molar-refractivity contribution >= 4 is 5.91 Å². The maximum absolute atomic E-state index is 13.2. The molecule has 0 heterocycles. The highest BCUT2D eigenvalue weighted by Crippen LogP contribution is 2.09. The summed E-state index contributed by atoms with van der Waals surface area (Å²) in [6.07, 6.45) is -1.54. The number of carbonyl (C=O) groups excluding carboxylic acids is 1. The Hall–Kier alpha value is -1.69. The highest BCUT2D eigenvalue weighted by Gasteiger charge is 2.24. The minimum absolute atomic E-state index is 0.153. The second kappa shape index (κ2) is 6.90. The van der Waals surface area contributed by atoms with E-state index in [0.29, 0.717) is 6.42 Å². The maximum Gasteiger partial charge on any atom is 0.256 e. The molecule has 100 valence electrons. The molecule has 0 radical (unpaired) electrons. The third-order valence-corrected chi connectivity index (χ3v) is 2.45. The number of phenolic OH excluding ortho intramolecular Hbond substituents is 1. The first-order valence-electron chi connectivity index (χ1n) is 5.56. The third-order valence-electron chi connectivity index (χ3n) is 2.45. The average Bonchev–Trinajstić information content (AvgIpc) is 2.39. The van der Waals surface area contributed by atoms with Crippen LogP contribution in [0.2, 0.25) is 0 Å². The topological polar surface area (TPSA) is 75.4 Å². The van der Waals surface area contributed by atoms with Crippen LogP contribution in [0.1, 0.15) is 5.56 Å². The summed E-state index contributed by atoms with van der Waals surface area (Å²) in [4.78, 5) is 11.2. The molecule has 4 N–H and O–H groups in total. The molecule has 1 aromatic carbocycles. The minimum Gasteiger partial charge on any atom is -0.508 e. The van der Waals surface area contributed by atoms with E-state index in [1.807, 2.05) is 0 Å². The maximum atomic E-state index is 13.2. The summed E-state index contributed by atoms with van der Waals surface area (Å²) in [5.41, 5.74) is 5.97. The van der Waals surface area contributed by atoms with Gasteiger partial charge in [-0.25, -0.2) is 8.78 Å². The smallest absolute Gasteiger partial charge is 0.256 e.